The molecule has 1 aromatic carbocycles. The van der Waals surface area contributed by atoms with E-state index in [4.69, 9.17) is 9.97 Å². The number of nitrogens with zero attached hydrogens (tertiary/aromatic N) is 10. The van der Waals surface area contributed by atoms with Gasteiger partial charge in [-0.3, -0.25) is 29.4 Å². The van der Waals surface area contributed by atoms with Gasteiger partial charge in [0.25, 0.3) is 17.7 Å². The lowest BCUT2D eigenvalue weighted by molar-refractivity contribution is -0.122. The Hall–Kier alpha value is -6.10. The topological polar surface area (TPSA) is 172 Å². The van der Waals surface area contributed by atoms with Gasteiger partial charge in [0.05, 0.1) is 29.6 Å². The van der Waals surface area contributed by atoms with Crippen LogP contribution in [0.3, 0.4) is 0 Å². The van der Waals surface area contributed by atoms with E-state index in [9.17, 15) is 24.0 Å². The van der Waals surface area contributed by atoms with Crippen LogP contribution in [0.4, 0.5) is 27.9 Å². The van der Waals surface area contributed by atoms with Crippen molar-refractivity contribution in [3.63, 3.8) is 0 Å². The van der Waals surface area contributed by atoms with E-state index in [1.165, 1.54) is 0 Å². The number of imide groups is 2. The summed E-state index contributed by atoms with van der Waals surface area (Å²) in [6, 6.07) is 11.6. The minimum atomic E-state index is -0.762. The minimum absolute atomic E-state index is 0.0219. The maximum Gasteiger partial charge on any atom is 0.343 e. The number of fused-ring (bicyclic) bond motifs is 4. The van der Waals surface area contributed by atoms with E-state index >= 15 is 0 Å². The summed E-state index contributed by atoms with van der Waals surface area (Å²) in [5.74, 6) is 0.179. The Morgan fingerprint density at radius 2 is 1.55 bits per heavy atom. The number of aromatic nitrogens is 4. The van der Waals surface area contributed by atoms with Crippen molar-refractivity contribution in [1.82, 2.24) is 44.7 Å². The molecule has 5 aliphatic heterocycles. The molecule has 6 aliphatic rings. The first-order valence-corrected chi connectivity index (χ1v) is 21.3. The second-order valence-corrected chi connectivity index (χ2v) is 17.4. The number of carbonyl (C=O) groups excluding carboxylic acids is 5. The number of hydrazine groups is 1. The number of amides is 6. The predicted molar refractivity (Wildman–Crippen MR) is 223 cm³/mol. The summed E-state index contributed by atoms with van der Waals surface area (Å²) in [6.07, 6.45) is 12.4. The number of urea groups is 1. The minimum Gasteiger partial charge on any atom is -0.370 e. The maximum atomic E-state index is 13.5. The molecule has 60 heavy (non-hydrogen) atoms. The molecule has 4 saturated heterocycles. The highest BCUT2D eigenvalue weighted by Gasteiger charge is 2.45. The zero-order valence-corrected chi connectivity index (χ0v) is 34.0. The summed E-state index contributed by atoms with van der Waals surface area (Å²) in [7, 11) is 3.56. The fourth-order valence-electron chi connectivity index (χ4n) is 10.4. The maximum absolute atomic E-state index is 13.5. The van der Waals surface area contributed by atoms with Gasteiger partial charge in [-0.25, -0.2) is 19.8 Å². The fourth-order valence-corrected chi connectivity index (χ4v) is 10.4. The van der Waals surface area contributed by atoms with Crippen LogP contribution in [0, 0.1) is 5.92 Å². The lowest BCUT2D eigenvalue weighted by Gasteiger charge is -2.44. The van der Waals surface area contributed by atoms with Gasteiger partial charge in [0.1, 0.15) is 17.2 Å². The Bertz CT molecular complexity index is 2370. The zero-order valence-electron chi connectivity index (χ0n) is 34.0. The fraction of sp³-hybridized carbons (Fsp3) is 0.488. The van der Waals surface area contributed by atoms with Crippen LogP contribution >= 0.6 is 0 Å². The molecule has 3 aromatic heterocycles. The zero-order chi connectivity index (χ0) is 41.2. The van der Waals surface area contributed by atoms with Crippen LogP contribution in [0.15, 0.2) is 48.8 Å². The normalized spacial score (nSPS) is 22.6. The van der Waals surface area contributed by atoms with Gasteiger partial charge >= 0.3 is 6.03 Å². The second-order valence-electron chi connectivity index (χ2n) is 17.4. The van der Waals surface area contributed by atoms with Gasteiger partial charge in [-0.2, -0.15) is 9.99 Å². The SMILES string of the molecule is CN(C)C(=O)c1cc2cnc(Nc3ccc(N4CCC(CN5CC6CCC(C5)N6c5ccc6c(c5)C(=O)N(N5CCC(=O)NC5=O)C6=O)CC4)cn3)nc2n1C1CCCC1. The number of anilines is 4. The molecule has 17 heteroatoms. The smallest absolute Gasteiger partial charge is 0.343 e. The molecule has 8 heterocycles. The molecule has 5 fully saturated rings. The molecular formula is C43H50N12O5. The van der Waals surface area contributed by atoms with Crippen LogP contribution < -0.4 is 20.4 Å². The molecule has 0 radical (unpaired) electrons. The number of carbonyl (C=O) groups is 5. The molecule has 1 saturated carbocycles. The van der Waals surface area contributed by atoms with E-state index in [1.54, 1.807) is 31.3 Å². The van der Waals surface area contributed by atoms with E-state index < -0.39 is 23.8 Å². The third-order valence-corrected chi connectivity index (χ3v) is 13.4. The molecule has 2 bridgehead atoms. The van der Waals surface area contributed by atoms with Gasteiger partial charge in [0.2, 0.25) is 11.9 Å². The average molecular weight is 815 g/mol. The number of hydrogen-bond donors (Lipinski definition) is 2. The highest BCUT2D eigenvalue weighted by molar-refractivity contribution is 6.22. The molecule has 17 nitrogen and oxygen atoms in total. The lowest BCUT2D eigenvalue weighted by atomic mass is 9.95. The first kappa shape index (κ1) is 38.1. The third-order valence-electron chi connectivity index (χ3n) is 13.4. The number of benzene rings is 1. The van der Waals surface area contributed by atoms with Gasteiger partial charge in [-0.05, 0) is 80.8 Å². The average Bonchev–Trinajstić information content (AvgIpc) is 4.02. The number of nitrogens with one attached hydrogen (secondary N) is 2. The van der Waals surface area contributed by atoms with Crippen LogP contribution in [0.5, 0.6) is 0 Å². The summed E-state index contributed by atoms with van der Waals surface area (Å²) >= 11 is 0. The van der Waals surface area contributed by atoms with Crippen molar-refractivity contribution in [2.45, 2.75) is 75.9 Å². The summed E-state index contributed by atoms with van der Waals surface area (Å²) in [5, 5.41) is 8.25. The standard InChI is InChI=1S/C43H50N12O5/c1-49(2)41(59)35-19-27-21-45-42(48-38(27)54(35)28-5-3-4-6-28)46-36-12-10-30(22-44-36)51-16-13-26(14-17-51)23-50-24-31-7-8-32(25-50)53(31)29-9-11-33-34(20-29)40(58)55(39(33)57)52-18-15-37(56)47-43(52)60/h9-12,19-22,26,28,31-32H,3-8,13-18,23-25H2,1-2H3,(H,47,56,60)(H,44,45,46,48). The highest BCUT2D eigenvalue weighted by atomic mass is 16.2. The number of pyridine rings is 1. The van der Waals surface area contributed by atoms with Gasteiger partial charge in [0, 0.05) is 88.6 Å². The predicted octanol–water partition coefficient (Wildman–Crippen LogP) is 4.41. The van der Waals surface area contributed by atoms with Gasteiger partial charge in [0.15, 0.2) is 0 Å². The molecular weight excluding hydrogens is 765 g/mol. The van der Waals surface area contributed by atoms with E-state index in [0.29, 0.717) is 41.0 Å². The quantitative estimate of drug-likeness (QED) is 0.229. The molecule has 2 N–H and O–H groups in total. The lowest BCUT2D eigenvalue weighted by Crippen LogP contribution is -2.58. The van der Waals surface area contributed by atoms with Gasteiger partial charge in [-0.1, -0.05) is 12.8 Å². The number of likely N-dealkylation sites (tertiary alicyclic amines) is 1. The Labute approximate surface area is 347 Å². The van der Waals surface area contributed by atoms with Crippen LogP contribution in [-0.4, -0.2) is 134 Å². The molecule has 2 atom stereocenters. The van der Waals surface area contributed by atoms with Crippen molar-refractivity contribution >= 4 is 63.8 Å². The Morgan fingerprint density at radius 1 is 0.817 bits per heavy atom. The highest BCUT2D eigenvalue weighted by Crippen LogP contribution is 2.39. The summed E-state index contributed by atoms with van der Waals surface area (Å²) in [4.78, 5) is 87.2. The Morgan fingerprint density at radius 3 is 2.25 bits per heavy atom. The molecule has 10 rings (SSSR count). The molecule has 312 valence electrons. The molecule has 1 aliphatic carbocycles. The van der Waals surface area contributed by atoms with Crippen LogP contribution in [0.1, 0.15) is 95.0 Å². The van der Waals surface area contributed by atoms with Gasteiger partial charge < -0.3 is 24.6 Å². The van der Waals surface area contributed by atoms with Crippen LogP contribution in [-0.2, 0) is 4.79 Å². The summed E-state index contributed by atoms with van der Waals surface area (Å²) in [6.45, 7) is 4.86. The first-order chi connectivity index (χ1) is 29.1. The van der Waals surface area contributed by atoms with Crippen molar-refractivity contribution in [3.8, 4) is 0 Å². The molecule has 0 spiro atoms. The first-order valence-electron chi connectivity index (χ1n) is 21.3. The van der Waals surface area contributed by atoms with E-state index in [0.717, 1.165) is 117 Å². The Kier molecular flexibility index (Phi) is 9.64. The molecule has 2 unspecified atom stereocenters. The largest absolute Gasteiger partial charge is 0.370 e. The third kappa shape index (κ3) is 6.77. The van der Waals surface area contributed by atoms with Gasteiger partial charge in [-0.15, -0.1) is 0 Å². The van der Waals surface area contributed by atoms with Crippen LogP contribution in [0.2, 0.25) is 0 Å². The second kappa shape index (κ2) is 15.2. The van der Waals surface area contributed by atoms with E-state index in [-0.39, 0.29) is 30.5 Å². The van der Waals surface area contributed by atoms with E-state index in [1.807, 2.05) is 30.5 Å². The summed E-state index contributed by atoms with van der Waals surface area (Å²) < 4.78 is 2.12. The number of hydrogen-bond acceptors (Lipinski definition) is 12. The number of rotatable bonds is 9. The number of piperidine rings is 1. The summed E-state index contributed by atoms with van der Waals surface area (Å²) in [5.41, 5.74) is 4.02. The van der Waals surface area contributed by atoms with Crippen LogP contribution in [0.25, 0.3) is 11.0 Å². The van der Waals surface area contributed by atoms with E-state index in [2.05, 4.69) is 41.0 Å². The monoisotopic (exact) mass is 814 g/mol. The molecule has 6 amide bonds. The van der Waals surface area contributed by atoms with Crippen molar-refractivity contribution in [2.75, 3.05) is 68.5 Å². The van der Waals surface area contributed by atoms with Crippen molar-refractivity contribution < 1.29 is 24.0 Å². The van der Waals surface area contributed by atoms with Crippen molar-refractivity contribution in [2.24, 2.45) is 5.92 Å². The van der Waals surface area contributed by atoms with Crippen molar-refractivity contribution in [1.29, 1.82) is 0 Å². The molecule has 4 aromatic rings. The Balaban J connectivity index is 0.737. The number of piperazine rings is 1. The van der Waals surface area contributed by atoms with Crippen molar-refractivity contribution in [3.05, 3.63) is 65.6 Å².